The molecule has 6 heteroatoms. The van der Waals surface area contributed by atoms with Crippen molar-refractivity contribution in [2.24, 2.45) is 0 Å². The van der Waals surface area contributed by atoms with Crippen molar-refractivity contribution < 1.29 is 13.7 Å². The Morgan fingerprint density at radius 2 is 2.25 bits per heavy atom. The zero-order valence-electron chi connectivity index (χ0n) is 8.33. The Labute approximate surface area is 95.7 Å². The van der Waals surface area contributed by atoms with Gasteiger partial charge in [0.2, 0.25) is 5.88 Å². The van der Waals surface area contributed by atoms with Gasteiger partial charge in [-0.1, -0.05) is 16.8 Å². The van der Waals surface area contributed by atoms with Crippen LogP contribution in [-0.2, 0) is 0 Å². The van der Waals surface area contributed by atoms with Crippen molar-refractivity contribution >= 4 is 17.5 Å². The number of benzene rings is 1. The molecule has 0 fully saturated rings. The maximum Gasteiger partial charge on any atom is 0.230 e. The molecule has 0 saturated carbocycles. The molecule has 0 unspecified atom stereocenters. The van der Waals surface area contributed by atoms with Gasteiger partial charge in [0.05, 0.1) is 23.9 Å². The number of ether oxygens (including phenoxy) is 1. The molecule has 84 valence electrons. The third-order valence-electron chi connectivity index (χ3n) is 2.14. The third kappa shape index (κ3) is 1.59. The van der Waals surface area contributed by atoms with Crippen LogP contribution >= 0.6 is 11.6 Å². The van der Waals surface area contributed by atoms with E-state index in [0.717, 1.165) is 0 Å². The highest BCUT2D eigenvalue weighted by Crippen LogP contribution is 2.37. The van der Waals surface area contributed by atoms with E-state index in [9.17, 15) is 4.39 Å². The molecule has 4 nitrogen and oxygen atoms in total. The number of halogens is 2. The highest BCUT2D eigenvalue weighted by molar-refractivity contribution is 6.33. The second-order valence-electron chi connectivity index (χ2n) is 3.04. The maximum atomic E-state index is 13.9. The van der Waals surface area contributed by atoms with E-state index in [0.29, 0.717) is 5.56 Å². The van der Waals surface area contributed by atoms with Gasteiger partial charge in [0.1, 0.15) is 0 Å². The molecule has 0 aliphatic heterocycles. The Morgan fingerprint density at radius 3 is 2.81 bits per heavy atom. The van der Waals surface area contributed by atoms with Gasteiger partial charge in [0.15, 0.2) is 11.6 Å². The van der Waals surface area contributed by atoms with Crippen molar-refractivity contribution in [3.63, 3.8) is 0 Å². The summed E-state index contributed by atoms with van der Waals surface area (Å²) in [6.45, 7) is 0. The molecule has 2 aromatic rings. The molecule has 2 N–H and O–H groups in total. The number of nitrogens with zero attached hydrogens (tertiary/aromatic N) is 1. The monoisotopic (exact) mass is 242 g/mol. The lowest BCUT2D eigenvalue weighted by Crippen LogP contribution is -1.94. The molecule has 0 amide bonds. The minimum Gasteiger partial charge on any atom is -0.494 e. The summed E-state index contributed by atoms with van der Waals surface area (Å²) in [7, 11) is 1.37. The average molecular weight is 243 g/mol. The molecule has 1 heterocycles. The van der Waals surface area contributed by atoms with Crippen molar-refractivity contribution in [2.75, 3.05) is 12.8 Å². The summed E-state index contributed by atoms with van der Waals surface area (Å²) in [5, 5.41) is 3.69. The van der Waals surface area contributed by atoms with E-state index >= 15 is 0 Å². The first-order valence-electron chi connectivity index (χ1n) is 4.37. The number of aromatic nitrogens is 1. The first-order chi connectivity index (χ1) is 7.65. The van der Waals surface area contributed by atoms with E-state index in [4.69, 9.17) is 22.1 Å². The number of rotatable bonds is 2. The van der Waals surface area contributed by atoms with Crippen molar-refractivity contribution in [1.29, 1.82) is 0 Å². The zero-order chi connectivity index (χ0) is 11.7. The van der Waals surface area contributed by atoms with E-state index in [-0.39, 0.29) is 22.2 Å². The van der Waals surface area contributed by atoms with E-state index < -0.39 is 5.82 Å². The number of nitrogens with two attached hydrogens (primary N) is 1. The summed E-state index contributed by atoms with van der Waals surface area (Å²) in [6.07, 6.45) is 1.30. The van der Waals surface area contributed by atoms with Gasteiger partial charge in [-0.2, -0.15) is 0 Å². The van der Waals surface area contributed by atoms with Gasteiger partial charge in [0, 0.05) is 5.56 Å². The zero-order valence-corrected chi connectivity index (χ0v) is 9.08. The van der Waals surface area contributed by atoms with E-state index in [1.807, 2.05) is 0 Å². The molecule has 1 aromatic carbocycles. The number of hydrogen-bond donors (Lipinski definition) is 1. The van der Waals surface area contributed by atoms with Gasteiger partial charge in [-0.3, -0.25) is 0 Å². The van der Waals surface area contributed by atoms with Crippen molar-refractivity contribution in [2.45, 2.75) is 0 Å². The third-order valence-corrected chi connectivity index (χ3v) is 2.46. The number of methoxy groups -OCH3 is 1. The van der Waals surface area contributed by atoms with Gasteiger partial charge in [-0.05, 0) is 12.1 Å². The maximum absolute atomic E-state index is 13.9. The van der Waals surface area contributed by atoms with Gasteiger partial charge in [-0.15, -0.1) is 0 Å². The lowest BCUT2D eigenvalue weighted by molar-refractivity contribution is 0.387. The van der Waals surface area contributed by atoms with Crippen LogP contribution in [0.5, 0.6) is 5.75 Å². The predicted octanol–water partition coefficient (Wildman–Crippen LogP) is 2.72. The Morgan fingerprint density at radius 1 is 1.50 bits per heavy atom. The smallest absolute Gasteiger partial charge is 0.230 e. The van der Waals surface area contributed by atoms with Crippen molar-refractivity contribution in [3.8, 4) is 16.9 Å². The summed E-state index contributed by atoms with van der Waals surface area (Å²) < 4.78 is 23.5. The van der Waals surface area contributed by atoms with Crippen LogP contribution < -0.4 is 10.5 Å². The fraction of sp³-hybridized carbons (Fsp3) is 0.100. The molecule has 0 radical (unpaired) electrons. The molecule has 0 saturated heterocycles. The first kappa shape index (κ1) is 10.8. The van der Waals surface area contributed by atoms with Gasteiger partial charge in [0.25, 0.3) is 0 Å². The Bertz CT molecular complexity index is 528. The van der Waals surface area contributed by atoms with Crippen molar-refractivity contribution in [1.82, 2.24) is 5.16 Å². The summed E-state index contributed by atoms with van der Waals surface area (Å²) in [6, 6.07) is 2.95. The molecule has 0 spiro atoms. The summed E-state index contributed by atoms with van der Waals surface area (Å²) in [5.41, 5.74) is 5.94. The molecule has 0 bridgehead atoms. The van der Waals surface area contributed by atoms with Crippen molar-refractivity contribution in [3.05, 3.63) is 29.2 Å². The van der Waals surface area contributed by atoms with Crippen LogP contribution in [0.4, 0.5) is 10.3 Å². The van der Waals surface area contributed by atoms with Crippen LogP contribution in [0.25, 0.3) is 11.1 Å². The average Bonchev–Trinajstić information content (AvgIpc) is 2.66. The first-order valence-corrected chi connectivity index (χ1v) is 4.75. The number of nitrogen functional groups attached to an aromatic ring is 1. The molecule has 1 aromatic heterocycles. The van der Waals surface area contributed by atoms with E-state index in [1.165, 1.54) is 25.4 Å². The molecule has 2 rings (SSSR count). The van der Waals surface area contributed by atoms with Crippen LogP contribution in [0.1, 0.15) is 0 Å². The minimum absolute atomic E-state index is 0.00838. The van der Waals surface area contributed by atoms with Gasteiger partial charge in [-0.25, -0.2) is 4.39 Å². The van der Waals surface area contributed by atoms with E-state index in [1.54, 1.807) is 0 Å². The molecular formula is C10H8ClFN2O2. The number of hydrogen-bond acceptors (Lipinski definition) is 4. The van der Waals surface area contributed by atoms with Crippen LogP contribution in [0.15, 0.2) is 22.9 Å². The summed E-state index contributed by atoms with van der Waals surface area (Å²) >= 11 is 5.90. The normalized spacial score (nSPS) is 10.4. The molecule has 0 aliphatic carbocycles. The predicted molar refractivity (Wildman–Crippen MR) is 57.9 cm³/mol. The van der Waals surface area contributed by atoms with Gasteiger partial charge >= 0.3 is 0 Å². The summed E-state index contributed by atoms with van der Waals surface area (Å²) in [4.78, 5) is 0. The lowest BCUT2D eigenvalue weighted by atomic mass is 10.1. The van der Waals surface area contributed by atoms with Crippen LogP contribution in [-0.4, -0.2) is 12.3 Å². The quantitative estimate of drug-likeness (QED) is 0.880. The summed E-state index contributed by atoms with van der Waals surface area (Å²) in [5.74, 6) is -0.501. The SMILES string of the molecule is COc1ccc(Cl)c(-c2cnoc2N)c1F. The Balaban J connectivity index is 2.69. The molecule has 16 heavy (non-hydrogen) atoms. The molecule has 0 aliphatic rings. The van der Waals surface area contributed by atoms with Crippen LogP contribution in [0.2, 0.25) is 5.02 Å². The topological polar surface area (TPSA) is 61.3 Å². The molecular weight excluding hydrogens is 235 g/mol. The molecule has 0 atom stereocenters. The second-order valence-corrected chi connectivity index (χ2v) is 3.45. The standard InChI is InChI=1S/C10H8ClFN2O2/c1-15-7-3-2-6(11)8(9(7)12)5-4-14-16-10(5)13/h2-4H,13H2,1H3. The van der Waals surface area contributed by atoms with Crippen LogP contribution in [0.3, 0.4) is 0 Å². The minimum atomic E-state index is -0.593. The highest BCUT2D eigenvalue weighted by Gasteiger charge is 2.19. The fourth-order valence-corrected chi connectivity index (χ4v) is 1.62. The largest absolute Gasteiger partial charge is 0.494 e. The Hall–Kier alpha value is -1.75. The fourth-order valence-electron chi connectivity index (χ4n) is 1.37. The lowest BCUT2D eigenvalue weighted by Gasteiger charge is -2.07. The second kappa shape index (κ2) is 4.02. The van der Waals surface area contributed by atoms with E-state index in [2.05, 4.69) is 9.68 Å². The number of anilines is 1. The Kier molecular flexibility index (Phi) is 2.70. The highest BCUT2D eigenvalue weighted by atomic mass is 35.5. The van der Waals surface area contributed by atoms with Gasteiger partial charge < -0.3 is 15.0 Å². The van der Waals surface area contributed by atoms with Crippen LogP contribution in [0, 0.1) is 5.82 Å².